The van der Waals surface area contributed by atoms with Gasteiger partial charge in [0.25, 0.3) is 5.91 Å². The molecule has 1 amide bonds. The minimum atomic E-state index is 0.000509. The Bertz CT molecular complexity index is 335. The summed E-state index contributed by atoms with van der Waals surface area (Å²) in [5.41, 5.74) is 1.76. The highest BCUT2D eigenvalue weighted by Gasteiger charge is 2.05. The largest absolute Gasteiger partial charge is 0.378 e. The minimum absolute atomic E-state index is 0.000509. The monoisotopic (exact) mass is 266 g/mol. The zero-order valence-electron chi connectivity index (χ0n) is 13.6. The van der Waals surface area contributed by atoms with Gasteiger partial charge < -0.3 is 10.2 Å². The van der Waals surface area contributed by atoms with Crippen molar-refractivity contribution in [2.24, 2.45) is 0 Å². The maximum atomic E-state index is 11.6. The fourth-order valence-electron chi connectivity index (χ4n) is 1.27. The molecule has 3 nitrogen and oxygen atoms in total. The Hall–Kier alpha value is -1.51. The van der Waals surface area contributed by atoms with Crippen LogP contribution in [0, 0.1) is 0 Å². The van der Waals surface area contributed by atoms with Gasteiger partial charge in [0, 0.05) is 31.9 Å². The molecule has 0 aliphatic heterocycles. The van der Waals surface area contributed by atoms with E-state index in [0.29, 0.717) is 0 Å². The third-order valence-corrected chi connectivity index (χ3v) is 2.16. The van der Waals surface area contributed by atoms with Crippen LogP contribution in [-0.2, 0) is 0 Å². The van der Waals surface area contributed by atoms with Crippen LogP contribution < -0.4 is 10.2 Å². The van der Waals surface area contributed by atoms with Crippen molar-refractivity contribution in [3.63, 3.8) is 0 Å². The smallest absolute Gasteiger partial charge is 0.251 e. The van der Waals surface area contributed by atoms with Gasteiger partial charge in [0.05, 0.1) is 0 Å². The van der Waals surface area contributed by atoms with E-state index in [4.69, 9.17) is 0 Å². The summed E-state index contributed by atoms with van der Waals surface area (Å²) in [7, 11) is 3.92. The molecule has 0 aliphatic rings. The minimum Gasteiger partial charge on any atom is -0.378 e. The molecule has 0 saturated heterocycles. The molecule has 1 rings (SSSR count). The second-order valence-corrected chi connectivity index (χ2v) is 3.70. The van der Waals surface area contributed by atoms with Gasteiger partial charge >= 0.3 is 0 Å². The number of nitrogens with zero attached hydrogens (tertiary/aromatic N) is 1. The Morgan fingerprint density at radius 2 is 1.74 bits per heavy atom. The number of hydrogen-bond donors (Lipinski definition) is 1. The Balaban J connectivity index is 0. The number of amides is 1. The number of carbonyl (C=O) groups is 1. The van der Waals surface area contributed by atoms with Gasteiger partial charge in [0.2, 0.25) is 0 Å². The molecule has 1 aromatic carbocycles. The molecule has 0 aliphatic carbocycles. The maximum Gasteiger partial charge on any atom is 0.251 e. The number of anilines is 1. The first kappa shape index (κ1) is 19.8. The predicted octanol–water partition coefficient (Wildman–Crippen LogP) is 3.94. The van der Waals surface area contributed by atoms with E-state index in [1.54, 1.807) is 0 Å². The second-order valence-electron chi connectivity index (χ2n) is 3.70. The van der Waals surface area contributed by atoms with Crippen LogP contribution in [0.25, 0.3) is 0 Å². The molecule has 0 aromatic heterocycles. The third kappa shape index (κ3) is 8.25. The van der Waals surface area contributed by atoms with Crippen molar-refractivity contribution in [3.8, 4) is 0 Å². The summed E-state index contributed by atoms with van der Waals surface area (Å²) in [6.45, 7) is 10.8. The lowest BCUT2D eigenvalue weighted by Gasteiger charge is -2.13. The second kappa shape index (κ2) is 12.9. The molecule has 0 atom stereocenters. The van der Waals surface area contributed by atoms with E-state index in [-0.39, 0.29) is 5.91 Å². The Morgan fingerprint density at radius 1 is 1.16 bits per heavy atom. The zero-order chi connectivity index (χ0) is 15.3. The van der Waals surface area contributed by atoms with E-state index < -0.39 is 0 Å². The summed E-state index contributed by atoms with van der Waals surface area (Å²) in [6.07, 6.45) is 0.957. The molecule has 1 N–H and O–H groups in total. The van der Waals surface area contributed by atoms with E-state index in [2.05, 4.69) is 5.32 Å². The molecule has 3 heteroatoms. The first-order valence-corrected chi connectivity index (χ1v) is 7.20. The first-order valence-electron chi connectivity index (χ1n) is 7.20. The highest BCUT2D eigenvalue weighted by Crippen LogP contribution is 2.13. The highest BCUT2D eigenvalue weighted by atomic mass is 16.1. The highest BCUT2D eigenvalue weighted by molar-refractivity contribution is 5.95. The van der Waals surface area contributed by atoms with Gasteiger partial charge in [-0.2, -0.15) is 0 Å². The first-order chi connectivity index (χ1) is 9.15. The van der Waals surface area contributed by atoms with Gasteiger partial charge in [-0.1, -0.05) is 40.7 Å². The van der Waals surface area contributed by atoms with Gasteiger partial charge in [-0.05, 0) is 24.6 Å². The van der Waals surface area contributed by atoms with E-state index in [0.717, 1.165) is 24.2 Å². The van der Waals surface area contributed by atoms with Crippen LogP contribution >= 0.6 is 0 Å². The van der Waals surface area contributed by atoms with Gasteiger partial charge in [0.1, 0.15) is 0 Å². The molecular weight excluding hydrogens is 236 g/mol. The van der Waals surface area contributed by atoms with Crippen molar-refractivity contribution >= 4 is 11.6 Å². The van der Waals surface area contributed by atoms with Crippen molar-refractivity contribution in [3.05, 3.63) is 29.8 Å². The van der Waals surface area contributed by atoms with Gasteiger partial charge in [-0.15, -0.1) is 0 Å². The lowest BCUT2D eigenvalue weighted by molar-refractivity contribution is 0.0953. The van der Waals surface area contributed by atoms with E-state index >= 15 is 0 Å². The van der Waals surface area contributed by atoms with Crippen LogP contribution in [0.4, 0.5) is 5.69 Å². The molecule has 0 radical (unpaired) electrons. The predicted molar refractivity (Wildman–Crippen MR) is 86.1 cm³/mol. The van der Waals surface area contributed by atoms with Crippen molar-refractivity contribution in [2.75, 3.05) is 25.5 Å². The standard InChI is InChI=1S/C12H18N2O.2C2H6/c1-4-8-13-12(15)10-6-5-7-11(9-10)14(2)3;2*1-2/h5-7,9H,4,8H2,1-3H3,(H,13,15);2*1-2H3. The molecule has 19 heavy (non-hydrogen) atoms. The Morgan fingerprint density at radius 3 is 2.21 bits per heavy atom. The molecule has 0 saturated carbocycles. The summed E-state index contributed by atoms with van der Waals surface area (Å²) in [5, 5.41) is 2.86. The van der Waals surface area contributed by atoms with Crippen molar-refractivity contribution in [1.29, 1.82) is 0 Å². The summed E-state index contributed by atoms with van der Waals surface area (Å²) in [6, 6.07) is 7.61. The Labute approximate surface area is 119 Å². The number of benzene rings is 1. The Kier molecular flexibility index (Phi) is 13.5. The number of nitrogens with one attached hydrogen (secondary N) is 1. The lowest BCUT2D eigenvalue weighted by atomic mass is 10.2. The summed E-state index contributed by atoms with van der Waals surface area (Å²) in [4.78, 5) is 13.6. The molecule has 1 aromatic rings. The topological polar surface area (TPSA) is 32.3 Å². The number of rotatable bonds is 4. The van der Waals surface area contributed by atoms with Gasteiger partial charge in [-0.3, -0.25) is 4.79 Å². The van der Waals surface area contributed by atoms with Crippen molar-refractivity contribution in [2.45, 2.75) is 41.0 Å². The average Bonchev–Trinajstić information content (AvgIpc) is 2.49. The zero-order valence-corrected chi connectivity index (χ0v) is 13.6. The van der Waals surface area contributed by atoms with Crippen molar-refractivity contribution in [1.82, 2.24) is 5.32 Å². The van der Waals surface area contributed by atoms with Gasteiger partial charge in [-0.25, -0.2) is 0 Å². The molecule has 110 valence electrons. The van der Waals surface area contributed by atoms with Crippen LogP contribution in [0.3, 0.4) is 0 Å². The van der Waals surface area contributed by atoms with Crippen LogP contribution in [0.15, 0.2) is 24.3 Å². The molecule has 0 spiro atoms. The fraction of sp³-hybridized carbons (Fsp3) is 0.562. The van der Waals surface area contributed by atoms with E-state index in [1.807, 2.05) is 77.9 Å². The lowest BCUT2D eigenvalue weighted by Crippen LogP contribution is -2.24. The quantitative estimate of drug-likeness (QED) is 0.895. The van der Waals surface area contributed by atoms with E-state index in [9.17, 15) is 4.79 Å². The molecular formula is C16H30N2O. The van der Waals surface area contributed by atoms with Crippen LogP contribution in [0.2, 0.25) is 0 Å². The number of carbonyl (C=O) groups excluding carboxylic acids is 1. The number of hydrogen-bond acceptors (Lipinski definition) is 2. The molecule has 0 fully saturated rings. The fourth-order valence-corrected chi connectivity index (χ4v) is 1.27. The molecule has 0 bridgehead atoms. The maximum absolute atomic E-state index is 11.6. The van der Waals surface area contributed by atoms with Crippen LogP contribution in [0.1, 0.15) is 51.4 Å². The normalized spacial score (nSPS) is 8.37. The molecule has 0 unspecified atom stereocenters. The SMILES string of the molecule is CC.CC.CCCNC(=O)c1cccc(N(C)C)c1. The summed E-state index contributed by atoms with van der Waals surface area (Å²) in [5.74, 6) is 0.000509. The van der Waals surface area contributed by atoms with Crippen LogP contribution in [-0.4, -0.2) is 26.5 Å². The average molecular weight is 266 g/mol. The van der Waals surface area contributed by atoms with Crippen molar-refractivity contribution < 1.29 is 4.79 Å². The van der Waals surface area contributed by atoms with Crippen LogP contribution in [0.5, 0.6) is 0 Å². The van der Waals surface area contributed by atoms with Gasteiger partial charge in [0.15, 0.2) is 0 Å². The van der Waals surface area contributed by atoms with E-state index in [1.165, 1.54) is 0 Å². The summed E-state index contributed by atoms with van der Waals surface area (Å²) < 4.78 is 0. The molecule has 0 heterocycles. The third-order valence-electron chi connectivity index (χ3n) is 2.16. The summed E-state index contributed by atoms with van der Waals surface area (Å²) >= 11 is 0.